The molecule has 0 spiro atoms. The van der Waals surface area contributed by atoms with Gasteiger partial charge >= 0.3 is 0 Å². The summed E-state index contributed by atoms with van der Waals surface area (Å²) in [6.07, 6.45) is 1.44. The summed E-state index contributed by atoms with van der Waals surface area (Å²) >= 11 is 0. The van der Waals surface area contributed by atoms with Gasteiger partial charge in [-0.15, -0.1) is 0 Å². The van der Waals surface area contributed by atoms with Crippen molar-refractivity contribution in [3.8, 4) is 0 Å². The summed E-state index contributed by atoms with van der Waals surface area (Å²) in [7, 11) is 0. The Labute approximate surface area is 71.3 Å². The minimum atomic E-state index is -0.286. The molecule has 1 saturated heterocycles. The number of hydrogen-bond donors (Lipinski definition) is 1. The van der Waals surface area contributed by atoms with Crippen LogP contribution in [0.2, 0.25) is 0 Å². The number of carbonyl (C=O) groups is 2. The SMILES string of the molecule is CC(=O)NC(=O)C1CCOCC1. The zero-order valence-corrected chi connectivity index (χ0v) is 7.13. The van der Waals surface area contributed by atoms with Gasteiger partial charge in [0.05, 0.1) is 0 Å². The predicted octanol–water partition coefficient (Wildman–Crippen LogP) is 0.0757. The lowest BCUT2D eigenvalue weighted by Gasteiger charge is -2.20. The van der Waals surface area contributed by atoms with E-state index in [1.54, 1.807) is 0 Å². The van der Waals surface area contributed by atoms with E-state index in [-0.39, 0.29) is 17.7 Å². The van der Waals surface area contributed by atoms with E-state index in [0.717, 1.165) is 12.8 Å². The molecule has 0 aromatic heterocycles. The second-order valence-corrected chi connectivity index (χ2v) is 2.93. The number of hydrogen-bond acceptors (Lipinski definition) is 3. The van der Waals surface area contributed by atoms with Crippen LogP contribution in [-0.2, 0) is 14.3 Å². The van der Waals surface area contributed by atoms with Crippen molar-refractivity contribution in [2.24, 2.45) is 5.92 Å². The second-order valence-electron chi connectivity index (χ2n) is 2.93. The van der Waals surface area contributed by atoms with Gasteiger partial charge in [-0.3, -0.25) is 14.9 Å². The van der Waals surface area contributed by atoms with Crippen molar-refractivity contribution in [1.29, 1.82) is 0 Å². The zero-order valence-electron chi connectivity index (χ0n) is 7.13. The molecule has 1 N–H and O–H groups in total. The quantitative estimate of drug-likeness (QED) is 0.607. The van der Waals surface area contributed by atoms with E-state index < -0.39 is 0 Å². The van der Waals surface area contributed by atoms with Crippen molar-refractivity contribution in [1.82, 2.24) is 5.32 Å². The molecule has 0 aliphatic carbocycles. The van der Waals surface area contributed by atoms with E-state index in [0.29, 0.717) is 13.2 Å². The first kappa shape index (κ1) is 9.19. The molecule has 0 saturated carbocycles. The van der Waals surface area contributed by atoms with Crippen molar-refractivity contribution < 1.29 is 14.3 Å². The summed E-state index contributed by atoms with van der Waals surface area (Å²) in [5.41, 5.74) is 0. The molecule has 68 valence electrons. The lowest BCUT2D eigenvalue weighted by atomic mass is 9.99. The minimum absolute atomic E-state index is 0.0392. The minimum Gasteiger partial charge on any atom is -0.381 e. The molecular formula is C8H13NO3. The number of amides is 2. The number of ether oxygens (including phenoxy) is 1. The Kier molecular flexibility index (Phi) is 3.22. The topological polar surface area (TPSA) is 55.4 Å². The molecule has 4 heteroatoms. The average molecular weight is 171 g/mol. The van der Waals surface area contributed by atoms with Gasteiger partial charge in [0.1, 0.15) is 0 Å². The fraction of sp³-hybridized carbons (Fsp3) is 0.750. The van der Waals surface area contributed by atoms with Crippen LogP contribution in [0.1, 0.15) is 19.8 Å². The maximum absolute atomic E-state index is 11.2. The van der Waals surface area contributed by atoms with Crippen LogP contribution in [-0.4, -0.2) is 25.0 Å². The molecule has 0 unspecified atom stereocenters. The van der Waals surface area contributed by atoms with Crippen molar-refractivity contribution in [2.75, 3.05) is 13.2 Å². The van der Waals surface area contributed by atoms with E-state index in [2.05, 4.69) is 5.32 Å². The fourth-order valence-electron chi connectivity index (χ4n) is 1.24. The van der Waals surface area contributed by atoms with Gasteiger partial charge in [-0.1, -0.05) is 0 Å². The smallest absolute Gasteiger partial charge is 0.229 e. The number of imide groups is 1. The Morgan fingerprint density at radius 1 is 1.33 bits per heavy atom. The molecule has 0 aromatic rings. The molecule has 1 rings (SSSR count). The molecule has 2 amide bonds. The van der Waals surface area contributed by atoms with Gasteiger partial charge in [-0.25, -0.2) is 0 Å². The van der Waals surface area contributed by atoms with Crippen LogP contribution in [0, 0.1) is 5.92 Å². The van der Waals surface area contributed by atoms with Gasteiger partial charge in [0.2, 0.25) is 11.8 Å². The lowest BCUT2D eigenvalue weighted by molar-refractivity contribution is -0.133. The third-order valence-corrected chi connectivity index (χ3v) is 1.89. The molecule has 1 aliphatic heterocycles. The highest BCUT2D eigenvalue weighted by Gasteiger charge is 2.21. The van der Waals surface area contributed by atoms with Crippen molar-refractivity contribution >= 4 is 11.8 Å². The van der Waals surface area contributed by atoms with Gasteiger partial charge in [0.15, 0.2) is 0 Å². The normalized spacial score (nSPS) is 18.8. The summed E-state index contributed by atoms with van der Waals surface area (Å²) in [6.45, 7) is 2.59. The highest BCUT2D eigenvalue weighted by Crippen LogP contribution is 2.14. The molecule has 0 radical (unpaired) electrons. The lowest BCUT2D eigenvalue weighted by Crippen LogP contribution is -2.36. The van der Waals surface area contributed by atoms with Gasteiger partial charge < -0.3 is 4.74 Å². The molecule has 4 nitrogen and oxygen atoms in total. The van der Waals surface area contributed by atoms with Gasteiger partial charge in [-0.05, 0) is 12.8 Å². The van der Waals surface area contributed by atoms with Gasteiger partial charge in [0.25, 0.3) is 0 Å². The molecule has 0 atom stereocenters. The van der Waals surface area contributed by atoms with Crippen LogP contribution >= 0.6 is 0 Å². The number of nitrogens with one attached hydrogen (secondary N) is 1. The highest BCUT2D eigenvalue weighted by atomic mass is 16.5. The van der Waals surface area contributed by atoms with Gasteiger partial charge in [-0.2, -0.15) is 0 Å². The van der Waals surface area contributed by atoms with Crippen LogP contribution in [0.25, 0.3) is 0 Å². The third-order valence-electron chi connectivity index (χ3n) is 1.89. The average Bonchev–Trinajstić information content (AvgIpc) is 2.05. The van der Waals surface area contributed by atoms with E-state index in [4.69, 9.17) is 4.74 Å². The Morgan fingerprint density at radius 2 is 1.92 bits per heavy atom. The van der Waals surface area contributed by atoms with Crippen LogP contribution in [0.3, 0.4) is 0 Å². The first-order valence-electron chi connectivity index (χ1n) is 4.09. The summed E-state index contributed by atoms with van der Waals surface area (Å²) in [6, 6.07) is 0. The van der Waals surface area contributed by atoms with Gasteiger partial charge in [0, 0.05) is 26.1 Å². The van der Waals surface area contributed by atoms with Crippen molar-refractivity contribution in [3.63, 3.8) is 0 Å². The Bertz CT molecular complexity index is 185. The second kappa shape index (κ2) is 4.21. The molecular weight excluding hydrogens is 158 g/mol. The monoisotopic (exact) mass is 171 g/mol. The summed E-state index contributed by atoms with van der Waals surface area (Å²) < 4.78 is 5.09. The molecule has 1 heterocycles. The Morgan fingerprint density at radius 3 is 2.42 bits per heavy atom. The van der Waals surface area contributed by atoms with E-state index >= 15 is 0 Å². The number of rotatable bonds is 1. The van der Waals surface area contributed by atoms with Crippen LogP contribution in [0.4, 0.5) is 0 Å². The standard InChI is InChI=1S/C8H13NO3/c1-6(10)9-8(11)7-2-4-12-5-3-7/h7H,2-5H2,1H3,(H,9,10,11). The van der Waals surface area contributed by atoms with Crippen molar-refractivity contribution in [3.05, 3.63) is 0 Å². The predicted molar refractivity (Wildman–Crippen MR) is 42.4 cm³/mol. The third kappa shape index (κ3) is 2.62. The molecule has 1 aliphatic rings. The van der Waals surface area contributed by atoms with Crippen LogP contribution in [0.5, 0.6) is 0 Å². The first-order valence-corrected chi connectivity index (χ1v) is 4.09. The summed E-state index contributed by atoms with van der Waals surface area (Å²) in [4.78, 5) is 21.8. The van der Waals surface area contributed by atoms with Crippen molar-refractivity contribution in [2.45, 2.75) is 19.8 Å². The Hall–Kier alpha value is -0.900. The maximum Gasteiger partial charge on any atom is 0.229 e. The first-order chi connectivity index (χ1) is 5.70. The highest BCUT2D eigenvalue weighted by molar-refractivity contribution is 5.95. The zero-order chi connectivity index (χ0) is 8.97. The largest absolute Gasteiger partial charge is 0.381 e. The Balaban J connectivity index is 2.34. The summed E-state index contributed by atoms with van der Waals surface area (Å²) in [5, 5.41) is 2.28. The van der Waals surface area contributed by atoms with E-state index in [1.165, 1.54) is 6.92 Å². The maximum atomic E-state index is 11.2. The van der Waals surface area contributed by atoms with E-state index in [9.17, 15) is 9.59 Å². The molecule has 0 bridgehead atoms. The number of carbonyl (C=O) groups excluding carboxylic acids is 2. The molecule has 0 aromatic carbocycles. The van der Waals surface area contributed by atoms with Crippen LogP contribution < -0.4 is 5.32 Å². The van der Waals surface area contributed by atoms with Crippen LogP contribution in [0.15, 0.2) is 0 Å². The van der Waals surface area contributed by atoms with E-state index in [1.807, 2.05) is 0 Å². The summed E-state index contributed by atoms with van der Waals surface area (Å²) in [5.74, 6) is -0.486. The molecule has 12 heavy (non-hydrogen) atoms. The molecule has 1 fully saturated rings. The fourth-order valence-corrected chi connectivity index (χ4v) is 1.24.